The van der Waals surface area contributed by atoms with E-state index in [9.17, 15) is 19.2 Å². The predicted molar refractivity (Wildman–Crippen MR) is 114 cm³/mol. The molecule has 1 rings (SSSR count). The number of anilines is 1. The summed E-state index contributed by atoms with van der Waals surface area (Å²) < 4.78 is 15.7. The summed E-state index contributed by atoms with van der Waals surface area (Å²) in [7, 11) is 0. The molecule has 0 N–H and O–H groups in total. The molecular formula is C22H32N2O7. The number of hydrogen-bond acceptors (Lipinski definition) is 8. The van der Waals surface area contributed by atoms with Crippen molar-refractivity contribution in [1.82, 2.24) is 4.98 Å². The van der Waals surface area contributed by atoms with Crippen LogP contribution in [0.4, 0.5) is 15.3 Å². The van der Waals surface area contributed by atoms with Crippen LogP contribution in [0.25, 0.3) is 0 Å². The van der Waals surface area contributed by atoms with E-state index in [1.807, 2.05) is 0 Å². The molecule has 1 unspecified atom stereocenters. The smallest absolute Gasteiger partial charge is 0.424 e. The SMILES string of the molecule is CCOC(=O)C(Cc1cncc(N(C(=O)OC(C)(C)C)C(=O)OC(C)(C)C)c1)C(C)=O. The number of carbonyl (C=O) groups is 4. The lowest BCUT2D eigenvalue weighted by atomic mass is 9.97. The van der Waals surface area contributed by atoms with Crippen LogP contribution in [0.15, 0.2) is 18.5 Å². The van der Waals surface area contributed by atoms with Crippen LogP contribution in [0, 0.1) is 5.92 Å². The first-order valence-electron chi connectivity index (χ1n) is 10.0. The van der Waals surface area contributed by atoms with E-state index in [2.05, 4.69) is 4.98 Å². The highest BCUT2D eigenvalue weighted by Crippen LogP contribution is 2.23. The Bertz CT molecular complexity index is 794. The summed E-state index contributed by atoms with van der Waals surface area (Å²) in [5, 5.41) is 0. The fourth-order valence-electron chi connectivity index (χ4n) is 2.48. The number of aromatic nitrogens is 1. The highest BCUT2D eigenvalue weighted by atomic mass is 16.6. The zero-order valence-corrected chi connectivity index (χ0v) is 19.5. The molecule has 0 spiro atoms. The molecule has 0 aromatic carbocycles. The van der Waals surface area contributed by atoms with Gasteiger partial charge in [0.15, 0.2) is 0 Å². The Morgan fingerprint density at radius 2 is 1.48 bits per heavy atom. The van der Waals surface area contributed by atoms with Gasteiger partial charge in [0.25, 0.3) is 0 Å². The highest BCUT2D eigenvalue weighted by Gasteiger charge is 2.33. The van der Waals surface area contributed by atoms with E-state index in [1.165, 1.54) is 25.4 Å². The number of rotatable bonds is 6. The van der Waals surface area contributed by atoms with Gasteiger partial charge in [-0.05, 0) is 73.4 Å². The lowest BCUT2D eigenvalue weighted by Gasteiger charge is -2.28. The minimum atomic E-state index is -1.02. The van der Waals surface area contributed by atoms with Crippen LogP contribution in [0.1, 0.15) is 61.0 Å². The Kier molecular flexibility index (Phi) is 8.72. The van der Waals surface area contributed by atoms with Crippen molar-refractivity contribution < 1.29 is 33.4 Å². The van der Waals surface area contributed by atoms with Crippen LogP contribution in [-0.2, 0) is 30.2 Å². The van der Waals surface area contributed by atoms with Gasteiger partial charge >= 0.3 is 18.2 Å². The van der Waals surface area contributed by atoms with Crippen LogP contribution in [0.2, 0.25) is 0 Å². The molecule has 0 aliphatic rings. The van der Waals surface area contributed by atoms with Crippen LogP contribution in [0.3, 0.4) is 0 Å². The van der Waals surface area contributed by atoms with Gasteiger partial charge in [0.05, 0.1) is 18.5 Å². The van der Waals surface area contributed by atoms with E-state index in [4.69, 9.17) is 14.2 Å². The lowest BCUT2D eigenvalue weighted by Crippen LogP contribution is -2.44. The van der Waals surface area contributed by atoms with E-state index in [-0.39, 0.29) is 24.5 Å². The summed E-state index contributed by atoms with van der Waals surface area (Å²) in [6.45, 7) is 13.1. The number of pyridine rings is 1. The minimum Gasteiger partial charge on any atom is -0.465 e. The maximum atomic E-state index is 12.8. The number of nitrogens with zero attached hydrogens (tertiary/aromatic N) is 2. The molecule has 1 aromatic rings. The van der Waals surface area contributed by atoms with Gasteiger partial charge in [0.2, 0.25) is 0 Å². The Labute approximate surface area is 183 Å². The number of hydrogen-bond donors (Lipinski definition) is 0. The van der Waals surface area contributed by atoms with Crippen molar-refractivity contribution in [3.63, 3.8) is 0 Å². The van der Waals surface area contributed by atoms with Crippen LogP contribution >= 0.6 is 0 Å². The first-order valence-corrected chi connectivity index (χ1v) is 10.0. The number of amides is 2. The van der Waals surface area contributed by atoms with E-state index in [0.717, 1.165) is 4.90 Å². The van der Waals surface area contributed by atoms with E-state index in [0.29, 0.717) is 5.56 Å². The van der Waals surface area contributed by atoms with E-state index < -0.39 is 35.3 Å². The summed E-state index contributed by atoms with van der Waals surface area (Å²) in [4.78, 5) is 54.4. The van der Waals surface area contributed by atoms with Crippen molar-refractivity contribution in [2.75, 3.05) is 11.5 Å². The number of ether oxygens (including phenoxy) is 3. The first-order chi connectivity index (χ1) is 14.1. The molecule has 1 heterocycles. The second-order valence-electron chi connectivity index (χ2n) is 8.97. The van der Waals surface area contributed by atoms with Gasteiger partial charge in [-0.15, -0.1) is 0 Å². The fourth-order valence-corrected chi connectivity index (χ4v) is 2.48. The maximum absolute atomic E-state index is 12.8. The first kappa shape index (κ1) is 26.1. The molecule has 0 aliphatic carbocycles. The van der Waals surface area contributed by atoms with Crippen molar-refractivity contribution in [1.29, 1.82) is 0 Å². The second-order valence-corrected chi connectivity index (χ2v) is 8.97. The van der Waals surface area contributed by atoms with Crippen molar-refractivity contribution >= 4 is 29.6 Å². The molecule has 1 atom stereocenters. The number of Topliss-reactive ketones (excluding diaryl/α,β-unsaturated/α-hetero) is 1. The number of ketones is 1. The molecule has 2 amide bonds. The average Bonchev–Trinajstić information content (AvgIpc) is 2.56. The maximum Gasteiger partial charge on any atom is 0.424 e. The fraction of sp³-hybridized carbons (Fsp3) is 0.591. The third-order valence-electron chi connectivity index (χ3n) is 3.69. The normalized spacial score (nSPS) is 12.5. The topological polar surface area (TPSA) is 112 Å². The van der Waals surface area contributed by atoms with Gasteiger partial charge in [0.1, 0.15) is 22.9 Å². The molecule has 0 fully saturated rings. The number of esters is 1. The van der Waals surface area contributed by atoms with Crippen LogP contribution in [-0.4, -0.2) is 46.7 Å². The Morgan fingerprint density at radius 1 is 0.968 bits per heavy atom. The zero-order valence-electron chi connectivity index (χ0n) is 19.5. The summed E-state index contributed by atoms with van der Waals surface area (Å²) in [6.07, 6.45) is 0.875. The average molecular weight is 437 g/mol. The highest BCUT2D eigenvalue weighted by molar-refractivity contribution is 6.09. The lowest BCUT2D eigenvalue weighted by molar-refractivity contribution is -0.151. The van der Waals surface area contributed by atoms with Crippen molar-refractivity contribution in [2.24, 2.45) is 5.92 Å². The summed E-state index contributed by atoms with van der Waals surface area (Å²) in [5.74, 6) is -2.02. The Hall–Kier alpha value is -2.97. The number of imide groups is 1. The van der Waals surface area contributed by atoms with Gasteiger partial charge in [-0.25, -0.2) is 9.59 Å². The molecule has 1 aromatic heterocycles. The van der Waals surface area contributed by atoms with Crippen LogP contribution in [0.5, 0.6) is 0 Å². The molecule has 0 bridgehead atoms. The standard InChI is InChI=1S/C22H32N2O7/c1-9-29-18(26)17(14(2)25)11-15-10-16(13-23-12-15)24(19(27)30-21(3,4)5)20(28)31-22(6,7)8/h10,12-13,17H,9,11H2,1-8H3. The quantitative estimate of drug-likeness (QED) is 0.373. The molecule has 172 valence electrons. The third-order valence-corrected chi connectivity index (χ3v) is 3.69. The predicted octanol–water partition coefficient (Wildman–Crippen LogP) is 4.07. The van der Waals surface area contributed by atoms with Gasteiger partial charge in [-0.2, -0.15) is 4.90 Å². The van der Waals surface area contributed by atoms with E-state index in [1.54, 1.807) is 48.5 Å². The van der Waals surface area contributed by atoms with Gasteiger partial charge in [-0.1, -0.05) is 0 Å². The summed E-state index contributed by atoms with van der Waals surface area (Å²) in [6, 6.07) is 1.48. The Morgan fingerprint density at radius 3 is 1.90 bits per heavy atom. The molecule has 31 heavy (non-hydrogen) atoms. The molecule has 0 saturated carbocycles. The molecule has 0 aliphatic heterocycles. The molecule has 0 saturated heterocycles. The summed E-state index contributed by atoms with van der Waals surface area (Å²) in [5.41, 5.74) is -1.16. The monoisotopic (exact) mass is 436 g/mol. The molecule has 9 nitrogen and oxygen atoms in total. The number of carbonyl (C=O) groups excluding carboxylic acids is 4. The second kappa shape index (κ2) is 10.4. The van der Waals surface area contributed by atoms with Crippen molar-refractivity contribution in [2.45, 2.75) is 73.0 Å². The third kappa shape index (κ3) is 8.74. The zero-order chi connectivity index (χ0) is 24.0. The van der Waals surface area contributed by atoms with Crippen molar-refractivity contribution in [3.8, 4) is 0 Å². The van der Waals surface area contributed by atoms with Crippen molar-refractivity contribution in [3.05, 3.63) is 24.0 Å². The van der Waals surface area contributed by atoms with Gasteiger partial charge in [-0.3, -0.25) is 14.6 Å². The molecule has 0 radical (unpaired) electrons. The molecule has 9 heteroatoms. The van der Waals surface area contributed by atoms with Gasteiger partial charge < -0.3 is 14.2 Å². The Balaban J connectivity index is 3.30. The molecular weight excluding hydrogens is 404 g/mol. The van der Waals surface area contributed by atoms with Gasteiger partial charge in [0, 0.05) is 6.20 Å². The summed E-state index contributed by atoms with van der Waals surface area (Å²) >= 11 is 0. The van der Waals surface area contributed by atoms with Crippen LogP contribution < -0.4 is 4.90 Å². The van der Waals surface area contributed by atoms with E-state index >= 15 is 0 Å². The largest absolute Gasteiger partial charge is 0.465 e. The minimum absolute atomic E-state index is 0.00544.